The number of pyridine rings is 1. The molecule has 118 valence electrons. The molecule has 1 amide bonds. The molecule has 0 bridgehead atoms. The number of para-hydroxylation sites is 1. The second-order valence-corrected chi connectivity index (χ2v) is 5.59. The fraction of sp³-hybridized carbons (Fsp3) is 0.263. The number of aromatic nitrogens is 1. The van der Waals surface area contributed by atoms with Gasteiger partial charge in [-0.3, -0.25) is 9.78 Å². The van der Waals surface area contributed by atoms with Gasteiger partial charge in [-0.05, 0) is 29.7 Å². The summed E-state index contributed by atoms with van der Waals surface area (Å²) in [5, 5.41) is 3.26. The fourth-order valence-corrected chi connectivity index (χ4v) is 2.83. The van der Waals surface area contributed by atoms with Crippen LogP contribution >= 0.6 is 0 Å². The van der Waals surface area contributed by atoms with Gasteiger partial charge in [-0.2, -0.15) is 0 Å². The summed E-state index contributed by atoms with van der Waals surface area (Å²) in [5.41, 5.74) is 1.83. The van der Waals surface area contributed by atoms with Crippen LogP contribution in [0.2, 0.25) is 0 Å². The van der Waals surface area contributed by atoms with Crippen LogP contribution in [0.5, 0.6) is 5.75 Å². The van der Waals surface area contributed by atoms with E-state index in [0.717, 1.165) is 33.1 Å². The molecule has 0 saturated carbocycles. The lowest BCUT2D eigenvalue weighted by atomic mass is 10.0. The summed E-state index contributed by atoms with van der Waals surface area (Å²) in [7, 11) is 3.47. The first-order chi connectivity index (χ1) is 11.1. The van der Waals surface area contributed by atoms with Crippen molar-refractivity contribution in [2.24, 2.45) is 0 Å². The van der Waals surface area contributed by atoms with Crippen molar-refractivity contribution < 1.29 is 9.53 Å². The predicted octanol–water partition coefficient (Wildman–Crippen LogP) is 3.77. The lowest BCUT2D eigenvalue weighted by Gasteiger charge is -2.18. The maximum absolute atomic E-state index is 11.9. The third kappa shape index (κ3) is 2.84. The maximum Gasteiger partial charge on any atom is 0.222 e. The average molecular weight is 308 g/mol. The van der Waals surface area contributed by atoms with Gasteiger partial charge in [0, 0.05) is 24.2 Å². The minimum atomic E-state index is 0.107. The number of fused-ring (bicyclic) bond motifs is 3. The van der Waals surface area contributed by atoms with Crippen molar-refractivity contribution in [3.63, 3.8) is 0 Å². The van der Waals surface area contributed by atoms with Gasteiger partial charge in [-0.1, -0.05) is 25.1 Å². The zero-order valence-electron chi connectivity index (χ0n) is 13.7. The quantitative estimate of drug-likeness (QED) is 0.689. The predicted molar refractivity (Wildman–Crippen MR) is 92.6 cm³/mol. The normalized spacial score (nSPS) is 10.9. The molecule has 0 radical (unpaired) electrons. The summed E-state index contributed by atoms with van der Waals surface area (Å²) in [6.07, 6.45) is 0.491. The molecule has 23 heavy (non-hydrogen) atoms. The van der Waals surface area contributed by atoms with Gasteiger partial charge in [0.05, 0.1) is 24.9 Å². The van der Waals surface area contributed by atoms with E-state index in [1.807, 2.05) is 44.3 Å². The summed E-state index contributed by atoms with van der Waals surface area (Å²) in [6.45, 7) is 2.36. The van der Waals surface area contributed by atoms with Crippen LogP contribution in [0.1, 0.15) is 19.0 Å². The number of rotatable bonds is 4. The van der Waals surface area contributed by atoms with Crippen LogP contribution in [0.15, 0.2) is 42.5 Å². The summed E-state index contributed by atoms with van der Waals surface area (Å²) in [4.78, 5) is 18.4. The number of amides is 1. The first kappa shape index (κ1) is 15.3. The molecule has 4 nitrogen and oxygen atoms in total. The van der Waals surface area contributed by atoms with E-state index in [2.05, 4.69) is 12.1 Å². The van der Waals surface area contributed by atoms with E-state index in [-0.39, 0.29) is 5.91 Å². The van der Waals surface area contributed by atoms with Gasteiger partial charge < -0.3 is 9.64 Å². The summed E-state index contributed by atoms with van der Waals surface area (Å²) in [6, 6.07) is 14.1. The molecule has 0 saturated heterocycles. The number of methoxy groups -OCH3 is 1. The second kappa shape index (κ2) is 6.24. The van der Waals surface area contributed by atoms with Crippen molar-refractivity contribution in [2.75, 3.05) is 14.2 Å². The molecule has 1 aromatic heterocycles. The summed E-state index contributed by atoms with van der Waals surface area (Å²) in [5.74, 6) is 0.899. The van der Waals surface area contributed by atoms with Gasteiger partial charge in [0.2, 0.25) is 5.91 Å². The topological polar surface area (TPSA) is 42.4 Å². The highest BCUT2D eigenvalue weighted by Gasteiger charge is 2.13. The lowest BCUT2D eigenvalue weighted by Crippen LogP contribution is -2.25. The Morgan fingerprint density at radius 3 is 2.65 bits per heavy atom. The van der Waals surface area contributed by atoms with Crippen LogP contribution in [-0.4, -0.2) is 29.9 Å². The van der Waals surface area contributed by atoms with Crippen molar-refractivity contribution >= 4 is 27.6 Å². The van der Waals surface area contributed by atoms with E-state index >= 15 is 0 Å². The van der Waals surface area contributed by atoms with Gasteiger partial charge in [-0.25, -0.2) is 0 Å². The Bertz CT molecular complexity index is 874. The van der Waals surface area contributed by atoms with Crippen LogP contribution in [0.4, 0.5) is 0 Å². The van der Waals surface area contributed by atoms with E-state index in [1.165, 1.54) is 0 Å². The average Bonchev–Trinajstić information content (AvgIpc) is 2.60. The molecule has 0 aliphatic heterocycles. The number of hydrogen-bond donors (Lipinski definition) is 0. The Morgan fingerprint density at radius 1 is 1.13 bits per heavy atom. The number of ether oxygens (including phenoxy) is 1. The minimum absolute atomic E-state index is 0.107. The van der Waals surface area contributed by atoms with E-state index in [0.29, 0.717) is 13.0 Å². The van der Waals surface area contributed by atoms with E-state index in [9.17, 15) is 4.79 Å². The highest BCUT2D eigenvalue weighted by molar-refractivity contribution is 6.07. The van der Waals surface area contributed by atoms with Gasteiger partial charge in [0.1, 0.15) is 5.75 Å². The molecule has 0 fully saturated rings. The SMILES string of the molecule is CCC(=O)N(C)Cc1nc2ccccc2c2ccc(OC)cc12. The molecule has 0 unspecified atom stereocenters. The highest BCUT2D eigenvalue weighted by atomic mass is 16.5. The lowest BCUT2D eigenvalue weighted by molar-refractivity contribution is -0.130. The molecule has 3 rings (SSSR count). The Hall–Kier alpha value is -2.62. The largest absolute Gasteiger partial charge is 0.497 e. The molecule has 0 atom stereocenters. The van der Waals surface area contributed by atoms with Crippen molar-refractivity contribution in [3.05, 3.63) is 48.2 Å². The molecule has 2 aromatic carbocycles. The van der Waals surface area contributed by atoms with Crippen molar-refractivity contribution in [2.45, 2.75) is 19.9 Å². The molecule has 1 heterocycles. The second-order valence-electron chi connectivity index (χ2n) is 5.59. The molecule has 3 aromatic rings. The minimum Gasteiger partial charge on any atom is -0.497 e. The van der Waals surface area contributed by atoms with Crippen molar-refractivity contribution in [1.29, 1.82) is 0 Å². The number of carbonyl (C=O) groups is 1. The Balaban J connectivity index is 2.22. The number of benzene rings is 2. The third-order valence-electron chi connectivity index (χ3n) is 4.10. The first-order valence-corrected chi connectivity index (χ1v) is 7.73. The van der Waals surface area contributed by atoms with E-state index < -0.39 is 0 Å². The molecular weight excluding hydrogens is 288 g/mol. The highest BCUT2D eigenvalue weighted by Crippen LogP contribution is 2.30. The molecule has 0 spiro atoms. The third-order valence-corrected chi connectivity index (χ3v) is 4.10. The number of hydrogen-bond acceptors (Lipinski definition) is 3. The standard InChI is InChI=1S/C19H20N2O2/c1-4-19(22)21(2)12-18-16-11-13(23-3)9-10-14(16)15-7-5-6-8-17(15)20-18/h5-11H,4,12H2,1-3H3. The molecule has 4 heteroatoms. The van der Waals surface area contributed by atoms with Gasteiger partial charge >= 0.3 is 0 Å². The maximum atomic E-state index is 11.9. The molecule has 0 N–H and O–H groups in total. The van der Waals surface area contributed by atoms with E-state index in [1.54, 1.807) is 12.0 Å². The summed E-state index contributed by atoms with van der Waals surface area (Å²) >= 11 is 0. The van der Waals surface area contributed by atoms with Crippen LogP contribution < -0.4 is 4.74 Å². The van der Waals surface area contributed by atoms with Crippen molar-refractivity contribution in [3.8, 4) is 5.75 Å². The summed E-state index contributed by atoms with van der Waals surface area (Å²) < 4.78 is 5.35. The van der Waals surface area contributed by atoms with Crippen molar-refractivity contribution in [1.82, 2.24) is 9.88 Å². The molecular formula is C19H20N2O2. The van der Waals surface area contributed by atoms with E-state index in [4.69, 9.17) is 9.72 Å². The zero-order valence-corrected chi connectivity index (χ0v) is 13.7. The molecule has 0 aliphatic rings. The van der Waals surface area contributed by atoms with Gasteiger partial charge in [-0.15, -0.1) is 0 Å². The monoisotopic (exact) mass is 308 g/mol. The van der Waals surface area contributed by atoms with Crippen LogP contribution in [0, 0.1) is 0 Å². The Labute approximate surface area is 135 Å². The smallest absolute Gasteiger partial charge is 0.222 e. The Morgan fingerprint density at radius 2 is 1.91 bits per heavy atom. The van der Waals surface area contributed by atoms with Crippen LogP contribution in [0.25, 0.3) is 21.7 Å². The zero-order chi connectivity index (χ0) is 16.4. The van der Waals surface area contributed by atoms with Crippen LogP contribution in [0.3, 0.4) is 0 Å². The van der Waals surface area contributed by atoms with Gasteiger partial charge in [0.25, 0.3) is 0 Å². The van der Waals surface area contributed by atoms with Crippen LogP contribution in [-0.2, 0) is 11.3 Å². The number of carbonyl (C=O) groups excluding carboxylic acids is 1. The van der Waals surface area contributed by atoms with Gasteiger partial charge in [0.15, 0.2) is 0 Å². The number of nitrogens with zero attached hydrogens (tertiary/aromatic N) is 2. The first-order valence-electron chi connectivity index (χ1n) is 7.73. The molecule has 0 aliphatic carbocycles. The fourth-order valence-electron chi connectivity index (χ4n) is 2.83. The Kier molecular flexibility index (Phi) is 4.15.